The van der Waals surface area contributed by atoms with E-state index in [1.165, 1.54) is 22.3 Å². The van der Waals surface area contributed by atoms with Crippen molar-refractivity contribution in [2.24, 2.45) is 0 Å². The predicted octanol–water partition coefficient (Wildman–Crippen LogP) is 5.73. The molecule has 2 rings (SSSR count). The van der Waals surface area contributed by atoms with E-state index in [0.29, 0.717) is 0 Å². The maximum atomic E-state index is 3.82. The van der Waals surface area contributed by atoms with Gasteiger partial charge in [-0.3, -0.25) is 12.2 Å². The van der Waals surface area contributed by atoms with Crippen molar-refractivity contribution >= 4 is 32.2 Å². The first-order chi connectivity index (χ1) is 8.88. The molecule has 0 nitrogen and oxygen atoms in total. The van der Waals surface area contributed by atoms with E-state index in [2.05, 4.69) is 70.1 Å². The first-order valence-corrected chi connectivity index (χ1v) is 9.64. The summed E-state index contributed by atoms with van der Waals surface area (Å²) in [5.74, 6) is 0. The minimum atomic E-state index is -0.199. The standard InChI is InChI=1S/2C7H9.C3H6.CH2.2ClH.Zr/c2*1-6-4-3-5-7(6)2;1-3-2;;;;/h2*4H,5H2,1-2H3;1-2H3;1H2;2*1H;/q2*-1;;;;;. The fourth-order valence-electron chi connectivity index (χ4n) is 1.24. The van der Waals surface area contributed by atoms with Crippen LogP contribution >= 0.6 is 24.8 Å². The van der Waals surface area contributed by atoms with Gasteiger partial charge in [-0.2, -0.15) is 11.1 Å². The number of allylic oxidation sites excluding steroid dienone is 8. The van der Waals surface area contributed by atoms with Crippen LogP contribution in [-0.4, -0.2) is 7.42 Å². The van der Waals surface area contributed by atoms with Gasteiger partial charge in [-0.1, -0.05) is 13.8 Å². The number of halogens is 2. The third-order valence-corrected chi connectivity index (χ3v) is 4.81. The first kappa shape index (κ1) is 26.1. The summed E-state index contributed by atoms with van der Waals surface area (Å²) < 4.78 is 5.38. The summed E-state index contributed by atoms with van der Waals surface area (Å²) in [4.78, 5) is 0. The Kier molecular flexibility index (Phi) is 18.7. The van der Waals surface area contributed by atoms with Crippen LogP contribution in [0.3, 0.4) is 0 Å². The quantitative estimate of drug-likeness (QED) is 0.451. The molecule has 0 amide bonds. The number of rotatable bonds is 0. The topological polar surface area (TPSA) is 0 Å². The van der Waals surface area contributed by atoms with Gasteiger partial charge in [0.2, 0.25) is 0 Å². The molecule has 0 radical (unpaired) electrons. The van der Waals surface area contributed by atoms with Gasteiger partial charge in [-0.05, 0) is 0 Å². The molecule has 2 aliphatic carbocycles. The molecule has 0 fully saturated rings. The van der Waals surface area contributed by atoms with Crippen LogP contribution in [0.4, 0.5) is 0 Å². The summed E-state index contributed by atoms with van der Waals surface area (Å²) in [5.41, 5.74) is 5.69. The van der Waals surface area contributed by atoms with Crippen LogP contribution in [0.1, 0.15) is 54.4 Å². The summed E-state index contributed by atoms with van der Waals surface area (Å²) in [6.45, 7) is 12.8. The molecule has 0 unspecified atom stereocenters. The van der Waals surface area contributed by atoms with Gasteiger partial charge >= 0.3 is 43.5 Å². The van der Waals surface area contributed by atoms with Crippen molar-refractivity contribution in [1.29, 1.82) is 0 Å². The van der Waals surface area contributed by atoms with E-state index >= 15 is 0 Å². The van der Waals surface area contributed by atoms with Crippen LogP contribution in [0.15, 0.2) is 34.4 Å². The SMILES string of the molecule is CC1=C(C)C[C-]=C1.CC1=C(C)C[C-]=C1.Cl.Cl.[CH2]=[Zr]=[C](C)C. The molecular formula is C18H28Cl2Zr-2. The van der Waals surface area contributed by atoms with Crippen molar-refractivity contribution in [2.45, 2.75) is 54.4 Å². The molecule has 0 aromatic heterocycles. The van der Waals surface area contributed by atoms with Gasteiger partial charge in [-0.15, -0.1) is 51.5 Å². The van der Waals surface area contributed by atoms with Gasteiger partial charge < -0.3 is 0 Å². The van der Waals surface area contributed by atoms with Crippen LogP contribution in [0.2, 0.25) is 0 Å². The molecule has 3 heteroatoms. The van der Waals surface area contributed by atoms with E-state index in [4.69, 9.17) is 0 Å². The van der Waals surface area contributed by atoms with Crippen LogP contribution in [-0.2, 0) is 22.3 Å². The second-order valence-corrected chi connectivity index (χ2v) is 8.48. The zero-order valence-electron chi connectivity index (χ0n) is 14.1. The Balaban J connectivity index is -0.000000225. The third kappa shape index (κ3) is 13.5. The minimum absolute atomic E-state index is 0. The Bertz CT molecular complexity index is 435. The second kappa shape index (κ2) is 15.1. The molecule has 0 heterocycles. The van der Waals surface area contributed by atoms with Gasteiger partial charge in [0, 0.05) is 0 Å². The Hall–Kier alpha value is 0.163. The zero-order valence-corrected chi connectivity index (χ0v) is 18.2. The number of hydrogen-bond donors (Lipinski definition) is 0. The molecule has 2 aliphatic rings. The first-order valence-electron chi connectivity index (χ1n) is 6.67. The monoisotopic (exact) mass is 404 g/mol. The van der Waals surface area contributed by atoms with Crippen LogP contribution in [0.5, 0.6) is 0 Å². The van der Waals surface area contributed by atoms with E-state index in [1.807, 2.05) is 0 Å². The molecule has 0 bridgehead atoms. The van der Waals surface area contributed by atoms with Crippen molar-refractivity contribution in [3.63, 3.8) is 0 Å². The Morgan fingerprint density at radius 1 is 0.905 bits per heavy atom. The summed E-state index contributed by atoms with van der Waals surface area (Å²) in [7, 11) is 0. The van der Waals surface area contributed by atoms with E-state index in [1.54, 1.807) is 3.21 Å². The van der Waals surface area contributed by atoms with Gasteiger partial charge in [0.25, 0.3) is 0 Å². The van der Waals surface area contributed by atoms with Crippen molar-refractivity contribution in [3.8, 4) is 0 Å². The molecule has 0 saturated heterocycles. The average Bonchev–Trinajstić information content (AvgIpc) is 2.91. The van der Waals surface area contributed by atoms with Crippen molar-refractivity contribution < 1.29 is 22.3 Å². The van der Waals surface area contributed by atoms with E-state index < -0.39 is 0 Å². The molecule has 0 spiro atoms. The second-order valence-electron chi connectivity index (χ2n) is 5.15. The van der Waals surface area contributed by atoms with Crippen LogP contribution in [0.25, 0.3) is 0 Å². The Labute approximate surface area is 154 Å². The Morgan fingerprint density at radius 3 is 1.24 bits per heavy atom. The molecule has 0 saturated carbocycles. The molecule has 0 aromatic rings. The maximum absolute atomic E-state index is 3.82. The van der Waals surface area contributed by atoms with Gasteiger partial charge in [-0.25, -0.2) is 23.3 Å². The summed E-state index contributed by atoms with van der Waals surface area (Å²) in [6.07, 6.45) is 12.4. The van der Waals surface area contributed by atoms with E-state index in [0.717, 1.165) is 12.8 Å². The molecule has 0 atom stereocenters. The van der Waals surface area contributed by atoms with Crippen molar-refractivity contribution in [3.05, 3.63) is 46.6 Å². The van der Waals surface area contributed by atoms with Crippen LogP contribution < -0.4 is 0 Å². The van der Waals surface area contributed by atoms with Crippen molar-refractivity contribution in [1.82, 2.24) is 0 Å². The summed E-state index contributed by atoms with van der Waals surface area (Å²) in [5, 5.41) is 0. The summed E-state index contributed by atoms with van der Waals surface area (Å²) >= 11 is -0.199. The Morgan fingerprint density at radius 2 is 1.19 bits per heavy atom. The fourth-order valence-corrected chi connectivity index (χ4v) is 1.24. The van der Waals surface area contributed by atoms with E-state index in [-0.39, 0.29) is 47.1 Å². The average molecular weight is 407 g/mol. The normalized spacial score (nSPS) is 14.2. The zero-order chi connectivity index (χ0) is 14.8. The molecular weight excluding hydrogens is 378 g/mol. The van der Waals surface area contributed by atoms with E-state index in [9.17, 15) is 0 Å². The summed E-state index contributed by atoms with van der Waals surface area (Å²) in [6, 6.07) is 0. The molecule has 0 aromatic carbocycles. The fraction of sp³-hybridized carbons (Fsp3) is 0.444. The predicted molar refractivity (Wildman–Crippen MR) is 99.6 cm³/mol. The van der Waals surface area contributed by atoms with Gasteiger partial charge in [0.1, 0.15) is 0 Å². The van der Waals surface area contributed by atoms with Crippen LogP contribution in [0, 0.1) is 12.2 Å². The molecule has 120 valence electrons. The van der Waals surface area contributed by atoms with Crippen molar-refractivity contribution in [2.75, 3.05) is 0 Å². The molecule has 0 N–H and O–H groups in total. The number of hydrogen-bond acceptors (Lipinski definition) is 0. The third-order valence-electron chi connectivity index (χ3n) is 3.07. The molecule has 21 heavy (non-hydrogen) atoms. The van der Waals surface area contributed by atoms with Gasteiger partial charge in [0.15, 0.2) is 0 Å². The van der Waals surface area contributed by atoms with Gasteiger partial charge in [0.05, 0.1) is 0 Å². The molecule has 0 aliphatic heterocycles.